The molecule has 0 aliphatic carbocycles. The fraction of sp³-hybridized carbons (Fsp3) is 0.412. The third-order valence-corrected chi connectivity index (χ3v) is 4.20. The van der Waals surface area contributed by atoms with Gasteiger partial charge in [0.25, 0.3) is 0 Å². The Hall–Kier alpha value is -2.85. The molecule has 0 saturated carbocycles. The van der Waals surface area contributed by atoms with Gasteiger partial charge in [-0.05, 0) is 17.7 Å². The maximum absolute atomic E-state index is 13.0. The molecule has 9 nitrogen and oxygen atoms in total. The lowest BCUT2D eigenvalue weighted by atomic mass is 10.2. The summed E-state index contributed by atoms with van der Waals surface area (Å²) in [5.74, 6) is -0.0448. The first kappa shape index (κ1) is 18.9. The van der Waals surface area contributed by atoms with E-state index in [1.54, 1.807) is 12.1 Å². The zero-order valence-electron chi connectivity index (χ0n) is 14.7. The molecule has 0 bridgehead atoms. The Morgan fingerprint density at radius 3 is 2.48 bits per heavy atom. The average Bonchev–Trinajstić information content (AvgIpc) is 2.68. The minimum Gasteiger partial charge on any atom is -0.379 e. The van der Waals surface area contributed by atoms with Gasteiger partial charge in [0, 0.05) is 32.7 Å². The molecule has 1 aromatic carbocycles. The Bertz CT molecular complexity index is 768. The zero-order valence-corrected chi connectivity index (χ0v) is 14.7. The highest BCUT2D eigenvalue weighted by molar-refractivity contribution is 5.69. The maximum Gasteiger partial charge on any atom is 0.353 e. The molecule has 3 rings (SSSR count). The van der Waals surface area contributed by atoms with E-state index in [1.807, 2.05) is 0 Å². The molecule has 27 heavy (non-hydrogen) atoms. The van der Waals surface area contributed by atoms with Crippen molar-refractivity contribution in [2.45, 2.75) is 6.54 Å². The highest BCUT2D eigenvalue weighted by Gasteiger charge is 2.23. The average molecular weight is 376 g/mol. The lowest BCUT2D eigenvalue weighted by molar-refractivity contribution is -0.383. The van der Waals surface area contributed by atoms with Crippen LogP contribution in [0.25, 0.3) is 0 Å². The molecular formula is C17H21FN6O3. The monoisotopic (exact) mass is 376 g/mol. The highest BCUT2D eigenvalue weighted by Crippen LogP contribution is 2.29. The van der Waals surface area contributed by atoms with E-state index < -0.39 is 4.92 Å². The summed E-state index contributed by atoms with van der Waals surface area (Å²) in [6, 6.07) is 5.89. The molecule has 0 radical (unpaired) electrons. The summed E-state index contributed by atoms with van der Waals surface area (Å²) < 4.78 is 18.3. The molecule has 144 valence electrons. The second kappa shape index (κ2) is 9.19. The van der Waals surface area contributed by atoms with Crippen LogP contribution in [-0.4, -0.2) is 59.2 Å². The molecule has 0 spiro atoms. The number of benzene rings is 1. The van der Waals surface area contributed by atoms with Crippen molar-refractivity contribution in [3.63, 3.8) is 0 Å². The normalized spacial score (nSPS) is 14.7. The number of hydrogen-bond donors (Lipinski definition) is 2. The summed E-state index contributed by atoms with van der Waals surface area (Å²) in [4.78, 5) is 21.2. The molecule has 1 saturated heterocycles. The molecule has 0 amide bonds. The first-order valence-corrected chi connectivity index (χ1v) is 8.65. The summed E-state index contributed by atoms with van der Waals surface area (Å²) in [6.45, 7) is 4.63. The number of morpholine rings is 1. The Kier molecular flexibility index (Phi) is 6.44. The topological polar surface area (TPSA) is 105 Å². The highest BCUT2D eigenvalue weighted by atomic mass is 19.1. The van der Waals surface area contributed by atoms with E-state index in [0.717, 1.165) is 25.2 Å². The number of ether oxygens (including phenoxy) is 1. The van der Waals surface area contributed by atoms with Gasteiger partial charge in [0.2, 0.25) is 11.6 Å². The van der Waals surface area contributed by atoms with Crippen LogP contribution in [0.2, 0.25) is 0 Å². The Balaban J connectivity index is 1.64. The summed E-state index contributed by atoms with van der Waals surface area (Å²) in [7, 11) is 0. The van der Waals surface area contributed by atoms with E-state index in [1.165, 1.54) is 18.5 Å². The minimum atomic E-state index is -0.510. The van der Waals surface area contributed by atoms with Gasteiger partial charge in [-0.25, -0.2) is 14.4 Å². The van der Waals surface area contributed by atoms with Gasteiger partial charge in [0.05, 0.1) is 18.1 Å². The van der Waals surface area contributed by atoms with Crippen molar-refractivity contribution in [1.82, 2.24) is 14.9 Å². The molecule has 1 aliphatic rings. The second-order valence-electron chi connectivity index (χ2n) is 6.04. The number of rotatable bonds is 8. The van der Waals surface area contributed by atoms with Crippen LogP contribution < -0.4 is 10.6 Å². The fourth-order valence-corrected chi connectivity index (χ4v) is 2.76. The van der Waals surface area contributed by atoms with Crippen molar-refractivity contribution in [1.29, 1.82) is 0 Å². The first-order valence-electron chi connectivity index (χ1n) is 8.65. The van der Waals surface area contributed by atoms with Crippen LogP contribution in [0.3, 0.4) is 0 Å². The first-order chi connectivity index (χ1) is 13.1. The minimum absolute atomic E-state index is 0.119. The van der Waals surface area contributed by atoms with E-state index in [0.29, 0.717) is 19.8 Å². The summed E-state index contributed by atoms with van der Waals surface area (Å²) >= 11 is 0. The largest absolute Gasteiger partial charge is 0.379 e. The Morgan fingerprint density at radius 1 is 1.15 bits per heavy atom. The molecule has 1 aromatic heterocycles. The maximum atomic E-state index is 13.0. The summed E-state index contributed by atoms with van der Waals surface area (Å²) in [6.07, 6.45) is 1.27. The predicted molar refractivity (Wildman–Crippen MR) is 98.2 cm³/mol. The van der Waals surface area contributed by atoms with Crippen LogP contribution in [0.5, 0.6) is 0 Å². The Labute approximate surface area is 155 Å². The molecule has 1 aliphatic heterocycles. The quantitative estimate of drug-likeness (QED) is 0.531. The van der Waals surface area contributed by atoms with Gasteiger partial charge in [-0.3, -0.25) is 15.0 Å². The van der Waals surface area contributed by atoms with Crippen molar-refractivity contribution in [2.24, 2.45) is 0 Å². The molecule has 0 atom stereocenters. The van der Waals surface area contributed by atoms with Gasteiger partial charge in [-0.1, -0.05) is 12.1 Å². The molecule has 2 heterocycles. The van der Waals surface area contributed by atoms with Crippen molar-refractivity contribution in [2.75, 3.05) is 50.0 Å². The number of aromatic nitrogens is 2. The summed E-state index contributed by atoms with van der Waals surface area (Å²) in [5.41, 5.74) is 0.577. The van der Waals surface area contributed by atoms with E-state index in [2.05, 4.69) is 25.5 Å². The molecule has 1 fully saturated rings. The van der Waals surface area contributed by atoms with Crippen LogP contribution in [-0.2, 0) is 11.3 Å². The third kappa shape index (κ3) is 5.31. The van der Waals surface area contributed by atoms with Crippen molar-refractivity contribution < 1.29 is 14.1 Å². The van der Waals surface area contributed by atoms with Gasteiger partial charge < -0.3 is 15.4 Å². The molecule has 2 aromatic rings. The number of nitrogens with one attached hydrogen (secondary N) is 2. The predicted octanol–water partition coefficient (Wildman–Crippen LogP) is 1.88. The van der Waals surface area contributed by atoms with Crippen LogP contribution in [0.15, 0.2) is 30.6 Å². The van der Waals surface area contributed by atoms with Gasteiger partial charge in [0.1, 0.15) is 12.1 Å². The standard InChI is InChI=1S/C17H21FN6O3/c18-14-3-1-13(2-4-14)11-20-17-15(24(25)26)16(21-12-22-17)19-5-6-23-7-9-27-10-8-23/h1-4,12H,5-11H2,(H2,19,20,21,22). The number of nitrogens with zero attached hydrogens (tertiary/aromatic N) is 4. The Morgan fingerprint density at radius 2 is 1.81 bits per heavy atom. The van der Waals surface area contributed by atoms with Crippen LogP contribution >= 0.6 is 0 Å². The SMILES string of the molecule is O=[N+]([O-])c1c(NCCN2CCOCC2)ncnc1NCc1ccc(F)cc1. The van der Waals surface area contributed by atoms with Gasteiger partial charge in [0.15, 0.2) is 0 Å². The number of halogens is 1. The van der Waals surface area contributed by atoms with Crippen LogP contribution in [0.1, 0.15) is 5.56 Å². The summed E-state index contributed by atoms with van der Waals surface area (Å²) in [5, 5.41) is 17.5. The number of hydrogen-bond acceptors (Lipinski definition) is 8. The van der Waals surface area contributed by atoms with Crippen molar-refractivity contribution in [3.8, 4) is 0 Å². The van der Waals surface area contributed by atoms with E-state index in [9.17, 15) is 14.5 Å². The second-order valence-corrected chi connectivity index (χ2v) is 6.04. The lowest BCUT2D eigenvalue weighted by Gasteiger charge is -2.26. The van der Waals surface area contributed by atoms with E-state index in [-0.39, 0.29) is 29.7 Å². The van der Waals surface area contributed by atoms with Gasteiger partial charge in [-0.2, -0.15) is 0 Å². The lowest BCUT2D eigenvalue weighted by Crippen LogP contribution is -2.39. The van der Waals surface area contributed by atoms with Gasteiger partial charge in [-0.15, -0.1) is 0 Å². The molecule has 10 heteroatoms. The number of anilines is 2. The molecule has 0 unspecified atom stereocenters. The molecular weight excluding hydrogens is 355 g/mol. The van der Waals surface area contributed by atoms with Crippen molar-refractivity contribution in [3.05, 3.63) is 52.1 Å². The zero-order chi connectivity index (χ0) is 19.1. The van der Waals surface area contributed by atoms with Crippen LogP contribution in [0.4, 0.5) is 21.7 Å². The van der Waals surface area contributed by atoms with Crippen molar-refractivity contribution >= 4 is 17.3 Å². The fourth-order valence-electron chi connectivity index (χ4n) is 2.76. The third-order valence-electron chi connectivity index (χ3n) is 4.20. The van der Waals surface area contributed by atoms with Crippen LogP contribution in [0, 0.1) is 15.9 Å². The molecule has 2 N–H and O–H groups in total. The van der Waals surface area contributed by atoms with E-state index >= 15 is 0 Å². The smallest absolute Gasteiger partial charge is 0.353 e. The van der Waals surface area contributed by atoms with E-state index in [4.69, 9.17) is 4.74 Å². The van der Waals surface area contributed by atoms with Gasteiger partial charge >= 0.3 is 5.69 Å². The number of nitro groups is 1.